The molecule has 0 aliphatic rings. The molecule has 0 heterocycles. The Morgan fingerprint density at radius 3 is 2.71 bits per heavy atom. The van der Waals surface area contributed by atoms with Crippen LogP contribution < -0.4 is 10.5 Å². The smallest absolute Gasteiger partial charge is 0.338 e. The van der Waals surface area contributed by atoms with Gasteiger partial charge in [-0.1, -0.05) is 12.1 Å². The summed E-state index contributed by atoms with van der Waals surface area (Å²) in [6.07, 6.45) is 0. The molecule has 0 fully saturated rings. The molecule has 2 aromatic rings. The van der Waals surface area contributed by atoms with Crippen molar-refractivity contribution in [2.45, 2.75) is 6.92 Å². The fraction of sp³-hybridized carbons (Fsp3) is 0.125. The molecule has 106 valence electrons. The van der Waals surface area contributed by atoms with Gasteiger partial charge in [0.05, 0.1) is 23.4 Å². The molecule has 0 radical (unpaired) electrons. The maximum atomic E-state index is 11.7. The molecule has 0 atom stereocenters. The minimum Gasteiger partial charge on any atom is -0.462 e. The third-order valence-corrected chi connectivity index (χ3v) is 2.75. The largest absolute Gasteiger partial charge is 0.462 e. The molecule has 0 saturated carbocycles. The van der Waals surface area contributed by atoms with Crippen LogP contribution in [0.5, 0.6) is 11.5 Å². The normalized spacial score (nSPS) is 9.71. The lowest BCUT2D eigenvalue weighted by molar-refractivity contribution is 0.0526. The first kappa shape index (κ1) is 14.4. The van der Waals surface area contributed by atoms with Gasteiger partial charge in [0.1, 0.15) is 11.8 Å². The van der Waals surface area contributed by atoms with E-state index in [2.05, 4.69) is 0 Å². The standard InChI is InChI=1S/C16H14N2O3/c1-2-20-16(19)11-7-8-13(18)15(9-11)21-14-6-4-3-5-12(14)10-17/h3-9H,2,18H2,1H3. The number of ether oxygens (including phenoxy) is 2. The Hall–Kier alpha value is -3.00. The summed E-state index contributed by atoms with van der Waals surface area (Å²) in [6.45, 7) is 2.02. The maximum absolute atomic E-state index is 11.7. The Bertz CT molecular complexity index is 705. The average molecular weight is 282 g/mol. The lowest BCUT2D eigenvalue weighted by Gasteiger charge is -2.11. The van der Waals surface area contributed by atoms with Crippen molar-refractivity contribution in [3.05, 3.63) is 53.6 Å². The lowest BCUT2D eigenvalue weighted by Crippen LogP contribution is -2.05. The van der Waals surface area contributed by atoms with Gasteiger partial charge in [0, 0.05) is 0 Å². The minimum atomic E-state index is -0.448. The predicted octanol–water partition coefficient (Wildman–Crippen LogP) is 3.11. The summed E-state index contributed by atoms with van der Waals surface area (Å²) >= 11 is 0. The molecule has 5 nitrogen and oxygen atoms in total. The number of anilines is 1. The highest BCUT2D eigenvalue weighted by Crippen LogP contribution is 2.30. The third-order valence-electron chi connectivity index (χ3n) is 2.75. The summed E-state index contributed by atoms with van der Waals surface area (Å²) in [5.41, 5.74) is 6.94. The number of hydrogen-bond acceptors (Lipinski definition) is 5. The maximum Gasteiger partial charge on any atom is 0.338 e. The molecule has 2 aromatic carbocycles. The van der Waals surface area contributed by atoms with E-state index in [4.69, 9.17) is 20.5 Å². The monoisotopic (exact) mass is 282 g/mol. The van der Waals surface area contributed by atoms with Crippen molar-refractivity contribution in [1.82, 2.24) is 0 Å². The molecule has 0 aliphatic heterocycles. The summed E-state index contributed by atoms with van der Waals surface area (Å²) in [6, 6.07) is 13.5. The van der Waals surface area contributed by atoms with Gasteiger partial charge in [-0.2, -0.15) is 5.26 Å². The van der Waals surface area contributed by atoms with Crippen molar-refractivity contribution in [2.75, 3.05) is 12.3 Å². The Morgan fingerprint density at radius 1 is 1.24 bits per heavy atom. The van der Waals surface area contributed by atoms with E-state index in [0.29, 0.717) is 28.3 Å². The van der Waals surface area contributed by atoms with E-state index in [1.54, 1.807) is 43.3 Å². The second-order valence-electron chi connectivity index (χ2n) is 4.18. The van der Waals surface area contributed by atoms with Gasteiger partial charge in [-0.15, -0.1) is 0 Å². The number of benzene rings is 2. The topological polar surface area (TPSA) is 85.3 Å². The van der Waals surface area contributed by atoms with Crippen LogP contribution in [0.2, 0.25) is 0 Å². The highest BCUT2D eigenvalue weighted by atomic mass is 16.5. The molecule has 2 N–H and O–H groups in total. The van der Waals surface area contributed by atoms with Crippen molar-refractivity contribution < 1.29 is 14.3 Å². The molecule has 0 amide bonds. The van der Waals surface area contributed by atoms with E-state index in [9.17, 15) is 4.79 Å². The highest BCUT2D eigenvalue weighted by molar-refractivity contribution is 5.90. The van der Waals surface area contributed by atoms with E-state index in [1.807, 2.05) is 6.07 Å². The number of rotatable bonds is 4. The van der Waals surface area contributed by atoms with E-state index in [1.165, 1.54) is 6.07 Å². The molecule has 0 bridgehead atoms. The molecule has 0 aliphatic carbocycles. The number of nitrogens with two attached hydrogens (primary N) is 1. The van der Waals surface area contributed by atoms with Crippen LogP contribution in [0.25, 0.3) is 0 Å². The first-order chi connectivity index (χ1) is 10.2. The van der Waals surface area contributed by atoms with Crippen LogP contribution in [0, 0.1) is 11.3 Å². The molecule has 2 rings (SSSR count). The fourth-order valence-electron chi connectivity index (χ4n) is 1.73. The zero-order valence-electron chi connectivity index (χ0n) is 11.5. The zero-order valence-corrected chi connectivity index (χ0v) is 11.5. The fourth-order valence-corrected chi connectivity index (χ4v) is 1.73. The summed E-state index contributed by atoms with van der Waals surface area (Å²) in [4.78, 5) is 11.7. The molecule has 5 heteroatoms. The highest BCUT2D eigenvalue weighted by Gasteiger charge is 2.12. The molecular formula is C16H14N2O3. The van der Waals surface area contributed by atoms with Crippen LogP contribution in [0.4, 0.5) is 5.69 Å². The van der Waals surface area contributed by atoms with Gasteiger partial charge >= 0.3 is 5.97 Å². The SMILES string of the molecule is CCOC(=O)c1ccc(N)c(Oc2ccccc2C#N)c1. The van der Waals surface area contributed by atoms with Crippen LogP contribution in [0.3, 0.4) is 0 Å². The van der Waals surface area contributed by atoms with Gasteiger partial charge < -0.3 is 15.2 Å². The number of carbonyl (C=O) groups is 1. The number of nitrogen functional groups attached to an aromatic ring is 1. The van der Waals surface area contributed by atoms with Crippen molar-refractivity contribution in [3.63, 3.8) is 0 Å². The summed E-state index contributed by atoms with van der Waals surface area (Å²) in [5.74, 6) is 0.242. The molecule has 21 heavy (non-hydrogen) atoms. The summed E-state index contributed by atoms with van der Waals surface area (Å²) in [7, 11) is 0. The Balaban J connectivity index is 2.34. The van der Waals surface area contributed by atoms with E-state index >= 15 is 0 Å². The number of nitriles is 1. The number of hydrogen-bond donors (Lipinski definition) is 1. The first-order valence-corrected chi connectivity index (χ1v) is 6.39. The zero-order chi connectivity index (χ0) is 15.2. The van der Waals surface area contributed by atoms with Crippen LogP contribution in [-0.4, -0.2) is 12.6 Å². The van der Waals surface area contributed by atoms with Crippen molar-refractivity contribution >= 4 is 11.7 Å². The van der Waals surface area contributed by atoms with E-state index < -0.39 is 5.97 Å². The Kier molecular flexibility index (Phi) is 4.42. The van der Waals surface area contributed by atoms with Crippen molar-refractivity contribution in [3.8, 4) is 17.6 Å². The number of para-hydroxylation sites is 1. The van der Waals surface area contributed by atoms with Gasteiger partial charge in [-0.3, -0.25) is 0 Å². The van der Waals surface area contributed by atoms with Gasteiger partial charge in [-0.25, -0.2) is 4.79 Å². The van der Waals surface area contributed by atoms with Crippen LogP contribution in [0.1, 0.15) is 22.8 Å². The average Bonchev–Trinajstić information content (AvgIpc) is 2.50. The molecule has 0 aromatic heterocycles. The molecule has 0 unspecified atom stereocenters. The molecule has 0 spiro atoms. The lowest BCUT2D eigenvalue weighted by atomic mass is 10.2. The number of carbonyl (C=O) groups excluding carboxylic acids is 1. The second kappa shape index (κ2) is 6.44. The number of esters is 1. The number of nitrogens with zero attached hydrogens (tertiary/aromatic N) is 1. The van der Waals surface area contributed by atoms with Gasteiger partial charge in [0.2, 0.25) is 0 Å². The van der Waals surface area contributed by atoms with Crippen molar-refractivity contribution in [2.24, 2.45) is 0 Å². The van der Waals surface area contributed by atoms with Gasteiger partial charge in [0.15, 0.2) is 5.75 Å². The minimum absolute atomic E-state index is 0.288. The van der Waals surface area contributed by atoms with E-state index in [0.717, 1.165) is 0 Å². The summed E-state index contributed by atoms with van der Waals surface area (Å²) in [5, 5.41) is 9.04. The third kappa shape index (κ3) is 3.31. The Morgan fingerprint density at radius 2 is 2.00 bits per heavy atom. The molecular weight excluding hydrogens is 268 g/mol. The quantitative estimate of drug-likeness (QED) is 0.688. The molecule has 0 saturated heterocycles. The summed E-state index contributed by atoms with van der Waals surface area (Å²) < 4.78 is 10.6. The van der Waals surface area contributed by atoms with E-state index in [-0.39, 0.29) is 6.61 Å². The van der Waals surface area contributed by atoms with Crippen LogP contribution in [0.15, 0.2) is 42.5 Å². The van der Waals surface area contributed by atoms with Crippen molar-refractivity contribution in [1.29, 1.82) is 5.26 Å². The Labute approximate surface area is 122 Å². The first-order valence-electron chi connectivity index (χ1n) is 6.39. The predicted molar refractivity (Wildman–Crippen MR) is 78.0 cm³/mol. The second-order valence-corrected chi connectivity index (χ2v) is 4.18. The van der Waals surface area contributed by atoms with Gasteiger partial charge in [0.25, 0.3) is 0 Å². The van der Waals surface area contributed by atoms with Gasteiger partial charge in [-0.05, 0) is 37.3 Å². The van der Waals surface area contributed by atoms with Crippen LogP contribution in [-0.2, 0) is 4.74 Å². The van der Waals surface area contributed by atoms with Crippen LogP contribution >= 0.6 is 0 Å².